The fraction of sp³-hybridized carbons (Fsp3) is 0.462. The number of nitrogens with two attached hydrogens (primary N) is 1. The molecule has 1 aromatic rings. The molecule has 1 saturated carbocycles. The Morgan fingerprint density at radius 1 is 1.35 bits per heavy atom. The summed E-state index contributed by atoms with van der Waals surface area (Å²) >= 11 is 0. The minimum atomic E-state index is -1.64. The van der Waals surface area contributed by atoms with Crippen LogP contribution in [0.4, 0.5) is 13.2 Å². The molecule has 0 aliphatic heterocycles. The van der Waals surface area contributed by atoms with Gasteiger partial charge >= 0.3 is 0 Å². The first-order valence-electron chi connectivity index (χ1n) is 6.05. The maximum Gasteiger partial charge on any atom is 0.254 e. The number of hydrogen-bond donors (Lipinski definition) is 2. The summed E-state index contributed by atoms with van der Waals surface area (Å²) in [6.07, 6.45) is 1.88. The summed E-state index contributed by atoms with van der Waals surface area (Å²) in [7, 11) is 0. The van der Waals surface area contributed by atoms with E-state index >= 15 is 0 Å². The smallest absolute Gasteiger partial charge is 0.254 e. The molecule has 3 N–H and O–H groups in total. The van der Waals surface area contributed by atoms with Crippen LogP contribution in [-0.2, 0) is 0 Å². The van der Waals surface area contributed by atoms with Crippen molar-refractivity contribution in [3.63, 3.8) is 0 Å². The molecule has 1 aliphatic carbocycles. The second-order valence-corrected chi connectivity index (χ2v) is 5.07. The molecule has 1 aromatic carbocycles. The van der Waals surface area contributed by atoms with E-state index in [1.54, 1.807) is 6.92 Å². The van der Waals surface area contributed by atoms with Crippen molar-refractivity contribution >= 4 is 18.3 Å². The van der Waals surface area contributed by atoms with Crippen LogP contribution in [0.15, 0.2) is 12.1 Å². The predicted octanol–water partition coefficient (Wildman–Crippen LogP) is 2.38. The molecule has 0 bridgehead atoms. The minimum Gasteiger partial charge on any atom is -0.345 e. The van der Waals surface area contributed by atoms with Crippen molar-refractivity contribution in [3.05, 3.63) is 35.1 Å². The van der Waals surface area contributed by atoms with Crippen LogP contribution in [0.2, 0.25) is 0 Å². The van der Waals surface area contributed by atoms with E-state index in [2.05, 4.69) is 5.32 Å². The van der Waals surface area contributed by atoms with Crippen molar-refractivity contribution in [1.82, 2.24) is 5.32 Å². The summed E-state index contributed by atoms with van der Waals surface area (Å²) in [4.78, 5) is 11.9. The van der Waals surface area contributed by atoms with Gasteiger partial charge in [0.15, 0.2) is 17.5 Å². The van der Waals surface area contributed by atoms with E-state index in [1.807, 2.05) is 0 Å². The summed E-state index contributed by atoms with van der Waals surface area (Å²) in [6.45, 7) is 1.97. The van der Waals surface area contributed by atoms with Crippen molar-refractivity contribution in [2.24, 2.45) is 11.7 Å². The molecule has 0 aromatic heterocycles. The molecule has 20 heavy (non-hydrogen) atoms. The molecule has 3 nitrogen and oxygen atoms in total. The van der Waals surface area contributed by atoms with Crippen molar-refractivity contribution in [3.8, 4) is 0 Å². The number of halogens is 4. The SMILES string of the molecule is CC(CN)(NC(=O)c1ccc(F)c(F)c1F)C1CC1.Cl. The van der Waals surface area contributed by atoms with Crippen LogP contribution in [0.1, 0.15) is 30.1 Å². The fourth-order valence-electron chi connectivity index (χ4n) is 2.07. The van der Waals surface area contributed by atoms with Gasteiger partial charge in [-0.25, -0.2) is 13.2 Å². The Morgan fingerprint density at radius 3 is 2.45 bits per heavy atom. The summed E-state index contributed by atoms with van der Waals surface area (Å²) in [5.74, 6) is -4.98. The van der Waals surface area contributed by atoms with Gasteiger partial charge in [-0.3, -0.25) is 4.79 Å². The Morgan fingerprint density at radius 2 is 1.95 bits per heavy atom. The normalized spacial score (nSPS) is 17.1. The maximum absolute atomic E-state index is 13.5. The molecule has 1 unspecified atom stereocenters. The standard InChI is InChI=1S/C13H15F3N2O.ClH/c1-13(6-17,7-2-3-7)18-12(19)8-4-5-9(14)11(16)10(8)15;/h4-5,7H,2-3,6,17H2,1H3,(H,18,19);1H. The van der Waals surface area contributed by atoms with Gasteiger partial charge in [0, 0.05) is 6.54 Å². The molecule has 1 atom stereocenters. The van der Waals surface area contributed by atoms with Crippen LogP contribution in [0.3, 0.4) is 0 Å². The van der Waals surface area contributed by atoms with E-state index in [9.17, 15) is 18.0 Å². The molecule has 0 heterocycles. The quantitative estimate of drug-likeness (QED) is 0.839. The molecule has 1 fully saturated rings. The second-order valence-electron chi connectivity index (χ2n) is 5.07. The van der Waals surface area contributed by atoms with Gasteiger partial charge in [-0.1, -0.05) is 0 Å². The highest BCUT2D eigenvalue weighted by Gasteiger charge is 2.42. The van der Waals surface area contributed by atoms with Gasteiger partial charge in [0.1, 0.15) is 0 Å². The average molecular weight is 309 g/mol. The Kier molecular flexibility index (Phi) is 5.05. The minimum absolute atomic E-state index is 0. The molecule has 7 heteroatoms. The van der Waals surface area contributed by atoms with E-state index in [1.165, 1.54) is 0 Å². The van der Waals surface area contributed by atoms with Gasteiger partial charge in [-0.05, 0) is 37.8 Å². The summed E-state index contributed by atoms with van der Waals surface area (Å²) in [6, 6.07) is 1.65. The Balaban J connectivity index is 0.00000200. The second kappa shape index (κ2) is 6.01. The van der Waals surface area contributed by atoms with Crippen molar-refractivity contribution in [1.29, 1.82) is 0 Å². The lowest BCUT2D eigenvalue weighted by Crippen LogP contribution is -2.53. The Labute approximate surface area is 121 Å². The van der Waals surface area contributed by atoms with Crippen LogP contribution in [0.25, 0.3) is 0 Å². The van der Waals surface area contributed by atoms with E-state index in [4.69, 9.17) is 5.73 Å². The topological polar surface area (TPSA) is 55.1 Å². The van der Waals surface area contributed by atoms with Gasteiger partial charge in [0.25, 0.3) is 5.91 Å². The maximum atomic E-state index is 13.5. The van der Waals surface area contributed by atoms with Crippen LogP contribution in [0.5, 0.6) is 0 Å². The third kappa shape index (κ3) is 3.07. The molecular weight excluding hydrogens is 293 g/mol. The van der Waals surface area contributed by atoms with Gasteiger partial charge in [0.2, 0.25) is 0 Å². The molecule has 1 amide bonds. The van der Waals surface area contributed by atoms with Crippen molar-refractivity contribution in [2.75, 3.05) is 6.54 Å². The summed E-state index contributed by atoms with van der Waals surface area (Å²) in [5.41, 5.74) is 4.46. The van der Waals surface area contributed by atoms with Gasteiger partial charge in [-0.2, -0.15) is 0 Å². The van der Waals surface area contributed by atoms with E-state index < -0.39 is 34.5 Å². The number of rotatable bonds is 4. The molecule has 0 saturated heterocycles. The van der Waals surface area contributed by atoms with E-state index in [0.717, 1.165) is 25.0 Å². The largest absolute Gasteiger partial charge is 0.345 e. The van der Waals surface area contributed by atoms with Crippen molar-refractivity contribution in [2.45, 2.75) is 25.3 Å². The van der Waals surface area contributed by atoms with Gasteiger partial charge in [0.05, 0.1) is 11.1 Å². The monoisotopic (exact) mass is 308 g/mol. The van der Waals surface area contributed by atoms with Crippen LogP contribution in [0, 0.1) is 23.4 Å². The van der Waals surface area contributed by atoms with Crippen LogP contribution in [-0.4, -0.2) is 18.0 Å². The lowest BCUT2D eigenvalue weighted by Gasteiger charge is -2.29. The zero-order valence-electron chi connectivity index (χ0n) is 10.9. The Hall–Kier alpha value is -1.27. The highest BCUT2D eigenvalue weighted by molar-refractivity contribution is 5.95. The molecule has 0 radical (unpaired) electrons. The third-order valence-electron chi connectivity index (χ3n) is 3.58. The molecule has 1 aliphatic rings. The zero-order valence-corrected chi connectivity index (χ0v) is 11.7. The molecule has 112 valence electrons. The lowest BCUT2D eigenvalue weighted by molar-refractivity contribution is 0.0892. The number of carbonyl (C=O) groups is 1. The number of nitrogens with one attached hydrogen (secondary N) is 1. The summed E-state index contributed by atoms with van der Waals surface area (Å²) < 4.78 is 39.4. The van der Waals surface area contributed by atoms with E-state index in [-0.39, 0.29) is 24.9 Å². The molecule has 0 spiro atoms. The first-order valence-corrected chi connectivity index (χ1v) is 6.05. The summed E-state index contributed by atoms with van der Waals surface area (Å²) in [5, 5.41) is 2.62. The highest BCUT2D eigenvalue weighted by atomic mass is 35.5. The number of benzene rings is 1. The molecular formula is C13H16ClF3N2O. The predicted molar refractivity (Wildman–Crippen MR) is 71.2 cm³/mol. The van der Waals surface area contributed by atoms with Gasteiger partial charge in [-0.15, -0.1) is 12.4 Å². The highest BCUT2D eigenvalue weighted by Crippen LogP contribution is 2.39. The lowest BCUT2D eigenvalue weighted by atomic mass is 9.95. The zero-order chi connectivity index (χ0) is 14.2. The van der Waals surface area contributed by atoms with E-state index in [0.29, 0.717) is 0 Å². The fourth-order valence-corrected chi connectivity index (χ4v) is 2.07. The number of amides is 1. The third-order valence-corrected chi connectivity index (χ3v) is 3.58. The van der Waals surface area contributed by atoms with Crippen molar-refractivity contribution < 1.29 is 18.0 Å². The van der Waals surface area contributed by atoms with Crippen LogP contribution >= 0.6 is 12.4 Å². The van der Waals surface area contributed by atoms with Gasteiger partial charge < -0.3 is 11.1 Å². The average Bonchev–Trinajstić information content (AvgIpc) is 3.20. The molecule has 2 rings (SSSR count). The number of hydrogen-bond acceptors (Lipinski definition) is 2. The Bertz CT molecular complexity index is 523. The first-order chi connectivity index (χ1) is 8.89. The number of carbonyl (C=O) groups excluding carboxylic acids is 1. The van der Waals surface area contributed by atoms with Crippen LogP contribution < -0.4 is 11.1 Å². The first kappa shape index (κ1) is 16.8.